The molecule has 4 rings (SSSR count). The van der Waals surface area contributed by atoms with Crippen molar-refractivity contribution in [3.8, 4) is 5.75 Å². The van der Waals surface area contributed by atoms with Crippen molar-refractivity contribution in [2.75, 3.05) is 0 Å². The molecule has 0 saturated carbocycles. The SMILES string of the molecule is O=C(O)/C=C/c1ccccc1COc1ccc(/C=C/c2ccc3ccccc3n2)cc1. The number of aromatic nitrogens is 1. The van der Waals surface area contributed by atoms with E-state index in [4.69, 9.17) is 9.84 Å². The molecule has 0 saturated heterocycles. The molecule has 1 N–H and O–H groups in total. The van der Waals surface area contributed by atoms with Crippen molar-refractivity contribution >= 4 is 35.1 Å². The summed E-state index contributed by atoms with van der Waals surface area (Å²) in [4.78, 5) is 15.4. The Hall–Kier alpha value is -4.18. The van der Waals surface area contributed by atoms with Gasteiger partial charge in [-0.15, -0.1) is 0 Å². The molecule has 0 aliphatic rings. The van der Waals surface area contributed by atoms with Crippen LogP contribution in [0.1, 0.15) is 22.4 Å². The molecule has 0 spiro atoms. The van der Waals surface area contributed by atoms with E-state index in [1.807, 2.05) is 84.9 Å². The van der Waals surface area contributed by atoms with E-state index in [0.717, 1.165) is 45.1 Å². The van der Waals surface area contributed by atoms with Gasteiger partial charge in [0.15, 0.2) is 0 Å². The maximum absolute atomic E-state index is 10.8. The number of hydrogen-bond donors (Lipinski definition) is 1. The van der Waals surface area contributed by atoms with E-state index in [-0.39, 0.29) is 0 Å². The zero-order valence-electron chi connectivity index (χ0n) is 16.8. The fraction of sp³-hybridized carbons (Fsp3) is 0.0370. The van der Waals surface area contributed by atoms with Gasteiger partial charge in [0.25, 0.3) is 0 Å². The van der Waals surface area contributed by atoms with Gasteiger partial charge >= 0.3 is 5.97 Å². The van der Waals surface area contributed by atoms with Crippen molar-refractivity contribution in [3.63, 3.8) is 0 Å². The van der Waals surface area contributed by atoms with E-state index < -0.39 is 5.97 Å². The van der Waals surface area contributed by atoms with Gasteiger partial charge in [-0.3, -0.25) is 0 Å². The van der Waals surface area contributed by atoms with Crippen LogP contribution in [-0.2, 0) is 11.4 Å². The molecule has 0 aliphatic carbocycles. The molecule has 0 amide bonds. The monoisotopic (exact) mass is 407 g/mol. The second kappa shape index (κ2) is 9.55. The Morgan fingerprint density at radius 3 is 2.45 bits per heavy atom. The van der Waals surface area contributed by atoms with E-state index in [2.05, 4.69) is 17.1 Å². The number of ether oxygens (including phenoxy) is 1. The number of pyridine rings is 1. The summed E-state index contributed by atoms with van der Waals surface area (Å²) in [6.07, 6.45) is 6.72. The van der Waals surface area contributed by atoms with Gasteiger partial charge in [-0.1, -0.05) is 66.7 Å². The number of carbonyl (C=O) groups is 1. The third-order valence-electron chi connectivity index (χ3n) is 4.80. The summed E-state index contributed by atoms with van der Waals surface area (Å²) in [6.45, 7) is 0.357. The Balaban J connectivity index is 1.40. The lowest BCUT2D eigenvalue weighted by atomic mass is 10.1. The maximum atomic E-state index is 10.8. The minimum Gasteiger partial charge on any atom is -0.489 e. The number of fused-ring (bicyclic) bond motifs is 1. The Bertz CT molecular complexity index is 1260. The van der Waals surface area contributed by atoms with Crippen LogP contribution in [0, 0.1) is 0 Å². The lowest BCUT2D eigenvalue weighted by Gasteiger charge is -2.09. The molecular formula is C27H21NO3. The maximum Gasteiger partial charge on any atom is 0.328 e. The van der Waals surface area contributed by atoms with Gasteiger partial charge in [-0.2, -0.15) is 0 Å². The molecule has 31 heavy (non-hydrogen) atoms. The number of benzene rings is 3. The molecule has 1 heterocycles. The van der Waals surface area contributed by atoms with Crippen LogP contribution in [0.4, 0.5) is 0 Å². The summed E-state index contributed by atoms with van der Waals surface area (Å²) in [5, 5.41) is 9.96. The van der Waals surface area contributed by atoms with Crippen LogP contribution in [0.2, 0.25) is 0 Å². The van der Waals surface area contributed by atoms with Crippen LogP contribution < -0.4 is 4.74 Å². The van der Waals surface area contributed by atoms with Crippen LogP contribution in [0.3, 0.4) is 0 Å². The first-order valence-corrected chi connectivity index (χ1v) is 9.93. The lowest BCUT2D eigenvalue weighted by Crippen LogP contribution is -1.98. The summed E-state index contributed by atoms with van der Waals surface area (Å²) in [7, 11) is 0. The normalized spacial score (nSPS) is 11.4. The second-order valence-corrected chi connectivity index (χ2v) is 6.99. The molecule has 0 atom stereocenters. The third kappa shape index (κ3) is 5.46. The van der Waals surface area contributed by atoms with E-state index >= 15 is 0 Å². The summed E-state index contributed by atoms with van der Waals surface area (Å²) >= 11 is 0. The largest absolute Gasteiger partial charge is 0.489 e. The van der Waals surface area contributed by atoms with Crippen LogP contribution in [0.15, 0.2) is 91.0 Å². The molecule has 0 fully saturated rings. The molecule has 0 aliphatic heterocycles. The number of para-hydroxylation sites is 1. The van der Waals surface area contributed by atoms with Gasteiger partial charge in [0.2, 0.25) is 0 Å². The first-order chi connectivity index (χ1) is 15.2. The highest BCUT2D eigenvalue weighted by Crippen LogP contribution is 2.19. The molecule has 4 nitrogen and oxygen atoms in total. The fourth-order valence-electron chi connectivity index (χ4n) is 3.18. The predicted molar refractivity (Wildman–Crippen MR) is 125 cm³/mol. The van der Waals surface area contributed by atoms with Crippen molar-refractivity contribution < 1.29 is 14.6 Å². The summed E-state index contributed by atoms with van der Waals surface area (Å²) in [6, 6.07) is 27.5. The smallest absolute Gasteiger partial charge is 0.328 e. The number of nitrogens with zero attached hydrogens (tertiary/aromatic N) is 1. The number of carboxylic acids is 1. The average Bonchev–Trinajstić information content (AvgIpc) is 2.81. The molecule has 3 aromatic carbocycles. The summed E-state index contributed by atoms with van der Waals surface area (Å²) < 4.78 is 5.89. The van der Waals surface area contributed by atoms with Gasteiger partial charge in [-0.25, -0.2) is 9.78 Å². The zero-order valence-corrected chi connectivity index (χ0v) is 16.8. The van der Waals surface area contributed by atoms with E-state index in [0.29, 0.717) is 6.61 Å². The van der Waals surface area contributed by atoms with Crippen molar-refractivity contribution in [1.82, 2.24) is 4.98 Å². The minimum absolute atomic E-state index is 0.357. The molecular weight excluding hydrogens is 386 g/mol. The van der Waals surface area contributed by atoms with Crippen LogP contribution in [-0.4, -0.2) is 16.1 Å². The number of carboxylic acid groups (broad SMARTS) is 1. The Kier molecular flexibility index (Phi) is 6.19. The van der Waals surface area contributed by atoms with Gasteiger partial charge in [0.1, 0.15) is 12.4 Å². The Morgan fingerprint density at radius 2 is 1.61 bits per heavy atom. The molecule has 0 radical (unpaired) electrons. The van der Waals surface area contributed by atoms with Gasteiger partial charge in [-0.05, 0) is 53.1 Å². The topological polar surface area (TPSA) is 59.4 Å². The standard InChI is InChI=1S/C27H21NO3/c29-27(30)18-13-21-5-1-2-7-23(21)19-31-25-16-10-20(11-17-25)9-14-24-15-12-22-6-3-4-8-26(22)28-24/h1-18H,19H2,(H,29,30)/b14-9+,18-13+. The fourth-order valence-corrected chi connectivity index (χ4v) is 3.18. The minimum atomic E-state index is -0.974. The van der Waals surface area contributed by atoms with Crippen molar-refractivity contribution in [2.24, 2.45) is 0 Å². The van der Waals surface area contributed by atoms with Crippen LogP contribution in [0.5, 0.6) is 5.75 Å². The first-order valence-electron chi connectivity index (χ1n) is 9.93. The predicted octanol–water partition coefficient (Wildman–Crippen LogP) is 6.08. The number of hydrogen-bond acceptors (Lipinski definition) is 3. The number of rotatable bonds is 7. The van der Waals surface area contributed by atoms with E-state index in [9.17, 15) is 4.79 Å². The lowest BCUT2D eigenvalue weighted by molar-refractivity contribution is -0.131. The molecule has 152 valence electrons. The molecule has 1 aromatic heterocycles. The van der Waals surface area contributed by atoms with Gasteiger partial charge in [0.05, 0.1) is 11.2 Å². The van der Waals surface area contributed by atoms with Crippen molar-refractivity contribution in [2.45, 2.75) is 6.61 Å². The molecule has 0 unspecified atom stereocenters. The van der Waals surface area contributed by atoms with E-state index in [1.165, 1.54) is 0 Å². The quantitative estimate of drug-likeness (QED) is 0.377. The third-order valence-corrected chi connectivity index (χ3v) is 4.80. The van der Waals surface area contributed by atoms with E-state index in [1.54, 1.807) is 6.08 Å². The highest BCUT2D eigenvalue weighted by atomic mass is 16.5. The second-order valence-electron chi connectivity index (χ2n) is 6.99. The summed E-state index contributed by atoms with van der Waals surface area (Å²) in [5.74, 6) is -0.226. The van der Waals surface area contributed by atoms with Crippen molar-refractivity contribution in [1.29, 1.82) is 0 Å². The molecule has 0 bridgehead atoms. The van der Waals surface area contributed by atoms with Gasteiger partial charge in [0, 0.05) is 11.5 Å². The molecule has 4 heteroatoms. The number of aliphatic carboxylic acids is 1. The Morgan fingerprint density at radius 1 is 0.839 bits per heavy atom. The van der Waals surface area contributed by atoms with Gasteiger partial charge < -0.3 is 9.84 Å². The highest BCUT2D eigenvalue weighted by molar-refractivity contribution is 5.85. The zero-order chi connectivity index (χ0) is 21.5. The molecule has 4 aromatic rings. The van der Waals surface area contributed by atoms with Crippen molar-refractivity contribution in [3.05, 3.63) is 113 Å². The average molecular weight is 407 g/mol. The van der Waals surface area contributed by atoms with Crippen LogP contribution >= 0.6 is 0 Å². The highest BCUT2D eigenvalue weighted by Gasteiger charge is 2.02. The Labute approximate surface area is 180 Å². The summed E-state index contributed by atoms with van der Waals surface area (Å²) in [5.41, 5.74) is 4.68. The van der Waals surface area contributed by atoms with Crippen LogP contribution in [0.25, 0.3) is 29.1 Å². The first kappa shape index (κ1) is 20.1.